The van der Waals surface area contributed by atoms with Crippen molar-refractivity contribution in [3.63, 3.8) is 0 Å². The Morgan fingerprint density at radius 2 is 1.64 bits per heavy atom. The van der Waals surface area contributed by atoms with Crippen LogP contribution in [0.1, 0.15) is 30.6 Å². The third-order valence-corrected chi connectivity index (χ3v) is 3.74. The number of primary amides is 1. The Balaban J connectivity index is 1.99. The molecule has 0 unspecified atom stereocenters. The Bertz CT molecular complexity index is 803. The second-order valence-electron chi connectivity index (χ2n) is 6.36. The Hall–Kier alpha value is -3.35. The van der Waals surface area contributed by atoms with Crippen LogP contribution in [0, 0.1) is 0 Å². The average Bonchev–Trinajstić information content (AvgIpc) is 2.67. The van der Waals surface area contributed by atoms with Crippen LogP contribution in [-0.2, 0) is 14.3 Å². The summed E-state index contributed by atoms with van der Waals surface area (Å²) in [6.45, 7) is 3.47. The zero-order valence-corrected chi connectivity index (χ0v) is 16.0. The van der Waals surface area contributed by atoms with Crippen LogP contribution >= 0.6 is 0 Å². The van der Waals surface area contributed by atoms with Gasteiger partial charge in [0.2, 0.25) is 5.91 Å². The van der Waals surface area contributed by atoms with Gasteiger partial charge in [-0.15, -0.1) is 0 Å². The normalized spacial score (nSPS) is 10.4. The number of nitrogens with two attached hydrogens (primary N) is 1. The summed E-state index contributed by atoms with van der Waals surface area (Å²) >= 11 is 0. The molecule has 7 heteroatoms. The highest BCUT2D eigenvalue weighted by molar-refractivity contribution is 5.97. The summed E-state index contributed by atoms with van der Waals surface area (Å²) in [5.74, 6) is -0.938. The van der Waals surface area contributed by atoms with Crippen LogP contribution in [0.3, 0.4) is 0 Å². The molecule has 0 aromatic heterocycles. The van der Waals surface area contributed by atoms with Gasteiger partial charge in [0.25, 0.3) is 5.91 Å². The van der Waals surface area contributed by atoms with Gasteiger partial charge in [0.05, 0.1) is 11.7 Å². The van der Waals surface area contributed by atoms with Crippen LogP contribution in [-0.4, -0.2) is 37.0 Å². The van der Waals surface area contributed by atoms with E-state index in [-0.39, 0.29) is 19.1 Å². The molecule has 2 rings (SSSR count). The second-order valence-corrected chi connectivity index (χ2v) is 6.36. The summed E-state index contributed by atoms with van der Waals surface area (Å²) in [6, 6.07) is 15.3. The first-order valence-corrected chi connectivity index (χ1v) is 8.94. The molecule has 7 nitrogen and oxygen atoms in total. The number of benzene rings is 2. The van der Waals surface area contributed by atoms with E-state index in [4.69, 9.17) is 15.2 Å². The van der Waals surface area contributed by atoms with Crippen molar-refractivity contribution in [1.29, 1.82) is 0 Å². The van der Waals surface area contributed by atoms with Crippen molar-refractivity contribution in [2.24, 2.45) is 5.73 Å². The summed E-state index contributed by atoms with van der Waals surface area (Å²) in [6.07, 6.45) is 0.0334. The van der Waals surface area contributed by atoms with Crippen molar-refractivity contribution in [3.05, 3.63) is 60.2 Å². The Morgan fingerprint density at radius 3 is 2.21 bits per heavy atom. The average molecular weight is 384 g/mol. The van der Waals surface area contributed by atoms with E-state index in [0.717, 1.165) is 0 Å². The van der Waals surface area contributed by atoms with Crippen molar-refractivity contribution < 1.29 is 23.9 Å². The van der Waals surface area contributed by atoms with Gasteiger partial charge < -0.3 is 20.1 Å². The minimum atomic E-state index is -0.618. The number of hydrogen-bond donors (Lipinski definition) is 1. The molecule has 0 radical (unpaired) electrons. The summed E-state index contributed by atoms with van der Waals surface area (Å²) in [5, 5.41) is 0. The zero-order chi connectivity index (χ0) is 20.5. The first-order chi connectivity index (χ1) is 13.4. The molecule has 2 N–H and O–H groups in total. The minimum absolute atomic E-state index is 0.00585. The Kier molecular flexibility index (Phi) is 7.56. The highest BCUT2D eigenvalue weighted by atomic mass is 16.5. The zero-order valence-electron chi connectivity index (χ0n) is 16.0. The second kappa shape index (κ2) is 10.1. The Morgan fingerprint density at radius 1 is 1.00 bits per heavy atom. The number of amides is 2. The molecule has 2 aromatic carbocycles. The van der Waals surface area contributed by atoms with E-state index in [1.54, 1.807) is 48.5 Å². The molecule has 0 aliphatic carbocycles. The molecule has 0 fully saturated rings. The van der Waals surface area contributed by atoms with Crippen molar-refractivity contribution >= 4 is 23.5 Å². The van der Waals surface area contributed by atoms with Crippen LogP contribution in [0.15, 0.2) is 54.6 Å². The lowest BCUT2D eigenvalue weighted by Gasteiger charge is -2.22. The van der Waals surface area contributed by atoms with E-state index in [0.29, 0.717) is 17.0 Å². The molecular formula is C21H24N2O5. The molecule has 0 saturated heterocycles. The number of nitrogens with zero attached hydrogens (tertiary/aromatic N) is 1. The largest absolute Gasteiger partial charge is 0.491 e. The van der Waals surface area contributed by atoms with Gasteiger partial charge in [-0.25, -0.2) is 4.79 Å². The van der Waals surface area contributed by atoms with E-state index in [1.165, 1.54) is 4.90 Å². The molecule has 0 aliphatic rings. The van der Waals surface area contributed by atoms with Crippen LogP contribution < -0.4 is 15.4 Å². The topological polar surface area (TPSA) is 98.9 Å². The van der Waals surface area contributed by atoms with Crippen LogP contribution in [0.5, 0.6) is 5.75 Å². The van der Waals surface area contributed by atoms with Crippen LogP contribution in [0.2, 0.25) is 0 Å². The van der Waals surface area contributed by atoms with E-state index in [1.807, 2.05) is 19.9 Å². The van der Waals surface area contributed by atoms with Gasteiger partial charge in [0.1, 0.15) is 5.75 Å². The van der Waals surface area contributed by atoms with Gasteiger partial charge in [0, 0.05) is 18.7 Å². The third kappa shape index (κ3) is 6.42. The summed E-state index contributed by atoms with van der Waals surface area (Å²) < 4.78 is 10.7. The fourth-order valence-electron chi connectivity index (χ4n) is 2.46. The molecule has 0 heterocycles. The van der Waals surface area contributed by atoms with Gasteiger partial charge in [-0.3, -0.25) is 9.59 Å². The van der Waals surface area contributed by atoms with Crippen LogP contribution in [0.4, 0.5) is 5.69 Å². The quantitative estimate of drug-likeness (QED) is 0.670. The predicted octanol–water partition coefficient (Wildman–Crippen LogP) is 2.54. The molecule has 0 bridgehead atoms. The summed E-state index contributed by atoms with van der Waals surface area (Å²) in [4.78, 5) is 37.2. The van der Waals surface area contributed by atoms with Gasteiger partial charge in [-0.2, -0.15) is 0 Å². The first-order valence-electron chi connectivity index (χ1n) is 8.94. The molecule has 28 heavy (non-hydrogen) atoms. The molecule has 2 aromatic rings. The van der Waals surface area contributed by atoms with E-state index in [9.17, 15) is 14.4 Å². The molecule has 148 valence electrons. The number of carbonyl (C=O) groups excluding carboxylic acids is 3. The van der Waals surface area contributed by atoms with Gasteiger partial charge in [-0.05, 0) is 50.2 Å². The van der Waals surface area contributed by atoms with Gasteiger partial charge in [-0.1, -0.05) is 18.2 Å². The van der Waals surface area contributed by atoms with Gasteiger partial charge in [0.15, 0.2) is 6.61 Å². The number of hydrogen-bond acceptors (Lipinski definition) is 5. The van der Waals surface area contributed by atoms with Crippen molar-refractivity contribution in [3.8, 4) is 5.75 Å². The Labute approximate surface area is 164 Å². The lowest BCUT2D eigenvalue weighted by atomic mass is 10.2. The maximum Gasteiger partial charge on any atom is 0.338 e. The summed E-state index contributed by atoms with van der Waals surface area (Å²) in [5.41, 5.74) is 6.10. The molecule has 0 aliphatic heterocycles. The smallest absolute Gasteiger partial charge is 0.338 e. The van der Waals surface area contributed by atoms with Crippen LogP contribution in [0.25, 0.3) is 0 Å². The fourth-order valence-corrected chi connectivity index (χ4v) is 2.46. The molecule has 0 atom stereocenters. The van der Waals surface area contributed by atoms with Crippen molar-refractivity contribution in [2.75, 3.05) is 18.1 Å². The lowest BCUT2D eigenvalue weighted by Crippen LogP contribution is -2.37. The molecular weight excluding hydrogens is 360 g/mol. The third-order valence-electron chi connectivity index (χ3n) is 3.74. The number of esters is 1. The number of para-hydroxylation sites is 1. The fraction of sp³-hybridized carbons (Fsp3) is 0.286. The van der Waals surface area contributed by atoms with Crippen molar-refractivity contribution in [1.82, 2.24) is 0 Å². The number of ether oxygens (including phenoxy) is 2. The van der Waals surface area contributed by atoms with Crippen molar-refractivity contribution in [2.45, 2.75) is 26.4 Å². The molecule has 2 amide bonds. The number of carbonyl (C=O) groups is 3. The number of rotatable bonds is 9. The standard InChI is InChI=1S/C21H24N2O5/c1-15(2)28-18-10-8-16(9-11-18)21(26)27-14-20(25)23(13-12-19(22)24)17-6-4-3-5-7-17/h3-11,15H,12-14H2,1-2H3,(H2,22,24). The highest BCUT2D eigenvalue weighted by Gasteiger charge is 2.19. The monoisotopic (exact) mass is 384 g/mol. The highest BCUT2D eigenvalue weighted by Crippen LogP contribution is 2.16. The minimum Gasteiger partial charge on any atom is -0.491 e. The molecule has 0 saturated carbocycles. The van der Waals surface area contributed by atoms with E-state index in [2.05, 4.69) is 0 Å². The van der Waals surface area contributed by atoms with E-state index >= 15 is 0 Å². The summed E-state index contributed by atoms with van der Waals surface area (Å²) in [7, 11) is 0. The lowest BCUT2D eigenvalue weighted by molar-refractivity contribution is -0.121. The number of anilines is 1. The van der Waals surface area contributed by atoms with Gasteiger partial charge >= 0.3 is 5.97 Å². The maximum atomic E-state index is 12.5. The molecule has 0 spiro atoms. The SMILES string of the molecule is CC(C)Oc1ccc(C(=O)OCC(=O)N(CCC(N)=O)c2ccccc2)cc1. The van der Waals surface area contributed by atoms with E-state index < -0.39 is 24.4 Å². The predicted molar refractivity (Wildman–Crippen MR) is 105 cm³/mol. The maximum absolute atomic E-state index is 12.5. The first kappa shape index (κ1) is 21.0.